The van der Waals surface area contributed by atoms with Crippen molar-refractivity contribution >= 4 is 29.0 Å². The number of hydrogen-bond acceptors (Lipinski definition) is 5. The summed E-state index contributed by atoms with van der Waals surface area (Å²) in [6, 6.07) is 5.58. The predicted molar refractivity (Wildman–Crippen MR) is 87.0 cm³/mol. The Labute approximate surface area is 133 Å². The third-order valence-corrected chi connectivity index (χ3v) is 3.56. The number of rotatable bonds is 5. The fourth-order valence-corrected chi connectivity index (χ4v) is 2.46. The number of benzene rings is 1. The third-order valence-electron chi connectivity index (χ3n) is 2.73. The van der Waals surface area contributed by atoms with Crippen LogP contribution >= 0.6 is 11.8 Å². The SMILES string of the molecule is COc1cc(C=CC=C2SC(=O)NC2=O)ccc1OC(C)C. The van der Waals surface area contributed by atoms with Crippen LogP contribution in [0.1, 0.15) is 19.4 Å². The Morgan fingerprint density at radius 2 is 2.00 bits per heavy atom. The van der Waals surface area contributed by atoms with Crippen molar-refractivity contribution in [1.29, 1.82) is 0 Å². The molecule has 0 unspecified atom stereocenters. The van der Waals surface area contributed by atoms with Gasteiger partial charge in [-0.25, -0.2) is 0 Å². The topological polar surface area (TPSA) is 64.6 Å². The van der Waals surface area contributed by atoms with Crippen LogP contribution in [-0.4, -0.2) is 24.4 Å². The molecular formula is C16H17NO4S. The monoisotopic (exact) mass is 319 g/mol. The molecular weight excluding hydrogens is 302 g/mol. The molecule has 1 saturated heterocycles. The van der Waals surface area contributed by atoms with Crippen LogP contribution in [0.25, 0.3) is 6.08 Å². The van der Waals surface area contributed by atoms with Crippen LogP contribution in [0, 0.1) is 0 Å². The molecule has 2 rings (SSSR count). The number of ether oxygens (including phenoxy) is 2. The Bertz CT molecular complexity index is 650. The average Bonchev–Trinajstić information content (AvgIpc) is 2.78. The van der Waals surface area contributed by atoms with E-state index in [9.17, 15) is 9.59 Å². The lowest BCUT2D eigenvalue weighted by Crippen LogP contribution is -2.17. The number of hydrogen-bond donors (Lipinski definition) is 1. The first-order valence-electron chi connectivity index (χ1n) is 6.76. The second-order valence-electron chi connectivity index (χ2n) is 4.81. The summed E-state index contributed by atoms with van der Waals surface area (Å²) in [6.07, 6.45) is 5.22. The molecule has 116 valence electrons. The predicted octanol–water partition coefficient (Wildman–Crippen LogP) is 3.36. The standard InChI is InChI=1S/C16H17NO4S/c1-10(2)21-12-8-7-11(9-13(12)20-3)5-4-6-14-15(18)17-16(19)22-14/h4-10H,1-3H3,(H,17,18,19). The quantitative estimate of drug-likeness (QED) is 0.843. The Balaban J connectivity index is 2.13. The maximum atomic E-state index is 11.4. The molecule has 1 aromatic carbocycles. The van der Waals surface area contributed by atoms with Crippen LogP contribution in [0.3, 0.4) is 0 Å². The minimum atomic E-state index is -0.363. The molecule has 0 aliphatic carbocycles. The summed E-state index contributed by atoms with van der Waals surface area (Å²) in [5, 5.41) is 1.86. The molecule has 1 fully saturated rings. The molecule has 1 aliphatic rings. The normalized spacial score (nSPS) is 16.6. The Morgan fingerprint density at radius 3 is 2.59 bits per heavy atom. The van der Waals surface area contributed by atoms with E-state index >= 15 is 0 Å². The molecule has 5 nitrogen and oxygen atoms in total. The zero-order valence-corrected chi connectivity index (χ0v) is 13.4. The number of imide groups is 1. The zero-order valence-electron chi connectivity index (χ0n) is 12.6. The van der Waals surface area contributed by atoms with Crippen LogP contribution in [-0.2, 0) is 4.79 Å². The van der Waals surface area contributed by atoms with Crippen molar-refractivity contribution in [1.82, 2.24) is 5.32 Å². The molecule has 2 amide bonds. The molecule has 22 heavy (non-hydrogen) atoms. The first kappa shape index (κ1) is 16.2. The van der Waals surface area contributed by atoms with Gasteiger partial charge in [0.15, 0.2) is 11.5 Å². The summed E-state index contributed by atoms with van der Waals surface area (Å²) in [5.74, 6) is 0.967. The molecule has 0 aromatic heterocycles. The second-order valence-corrected chi connectivity index (χ2v) is 5.83. The highest BCUT2D eigenvalue weighted by Crippen LogP contribution is 2.29. The summed E-state index contributed by atoms with van der Waals surface area (Å²) in [7, 11) is 1.59. The van der Waals surface area contributed by atoms with E-state index in [0.29, 0.717) is 16.4 Å². The Morgan fingerprint density at radius 1 is 1.23 bits per heavy atom. The van der Waals surface area contributed by atoms with Gasteiger partial charge in [0, 0.05) is 0 Å². The van der Waals surface area contributed by atoms with Crippen molar-refractivity contribution in [3.8, 4) is 11.5 Å². The van der Waals surface area contributed by atoms with Crippen LogP contribution in [0.15, 0.2) is 35.3 Å². The van der Waals surface area contributed by atoms with Crippen molar-refractivity contribution in [2.45, 2.75) is 20.0 Å². The Kier molecular flexibility index (Phi) is 5.27. The summed E-state index contributed by atoms with van der Waals surface area (Å²) < 4.78 is 11.0. The van der Waals surface area contributed by atoms with Crippen molar-refractivity contribution in [2.24, 2.45) is 0 Å². The van der Waals surface area contributed by atoms with Gasteiger partial charge < -0.3 is 9.47 Å². The van der Waals surface area contributed by atoms with Gasteiger partial charge in [0.1, 0.15) is 0 Å². The van der Waals surface area contributed by atoms with E-state index in [-0.39, 0.29) is 17.3 Å². The highest BCUT2D eigenvalue weighted by molar-refractivity contribution is 8.18. The van der Waals surface area contributed by atoms with Crippen molar-refractivity contribution in [2.75, 3.05) is 7.11 Å². The number of carbonyl (C=O) groups excluding carboxylic acids is 2. The summed E-state index contributed by atoms with van der Waals surface area (Å²) in [4.78, 5) is 22.8. The third kappa shape index (κ3) is 4.14. The lowest BCUT2D eigenvalue weighted by molar-refractivity contribution is -0.115. The van der Waals surface area contributed by atoms with Gasteiger partial charge in [0.2, 0.25) is 0 Å². The largest absolute Gasteiger partial charge is 0.493 e. The van der Waals surface area contributed by atoms with Gasteiger partial charge in [-0.15, -0.1) is 0 Å². The van der Waals surface area contributed by atoms with Gasteiger partial charge >= 0.3 is 0 Å². The van der Waals surface area contributed by atoms with Crippen LogP contribution in [0.4, 0.5) is 4.79 Å². The summed E-state index contributed by atoms with van der Waals surface area (Å²) in [6.45, 7) is 3.90. The van der Waals surface area contributed by atoms with E-state index < -0.39 is 0 Å². The first-order valence-corrected chi connectivity index (χ1v) is 7.57. The highest BCUT2D eigenvalue weighted by Gasteiger charge is 2.24. The van der Waals surface area contributed by atoms with Gasteiger partial charge in [-0.3, -0.25) is 14.9 Å². The van der Waals surface area contributed by atoms with Crippen molar-refractivity contribution in [3.05, 3.63) is 40.8 Å². The molecule has 0 atom stereocenters. The van der Waals surface area contributed by atoms with E-state index in [4.69, 9.17) is 9.47 Å². The van der Waals surface area contributed by atoms with Gasteiger partial charge in [0.25, 0.3) is 11.1 Å². The van der Waals surface area contributed by atoms with Crippen LogP contribution in [0.2, 0.25) is 0 Å². The molecule has 0 radical (unpaired) electrons. The molecule has 1 N–H and O–H groups in total. The van der Waals surface area contributed by atoms with Crippen LogP contribution in [0.5, 0.6) is 11.5 Å². The fourth-order valence-electron chi connectivity index (χ4n) is 1.82. The van der Waals surface area contributed by atoms with E-state index in [1.54, 1.807) is 19.3 Å². The van der Waals surface area contributed by atoms with E-state index in [1.807, 2.05) is 38.1 Å². The zero-order chi connectivity index (χ0) is 16.1. The second kappa shape index (κ2) is 7.17. The molecule has 6 heteroatoms. The summed E-state index contributed by atoms with van der Waals surface area (Å²) in [5.41, 5.74) is 0.902. The first-order chi connectivity index (χ1) is 10.5. The van der Waals surface area contributed by atoms with Crippen molar-refractivity contribution < 1.29 is 19.1 Å². The molecule has 1 heterocycles. The van der Waals surface area contributed by atoms with Crippen molar-refractivity contribution in [3.63, 3.8) is 0 Å². The number of nitrogens with one attached hydrogen (secondary N) is 1. The number of allylic oxidation sites excluding steroid dienone is 2. The molecule has 0 bridgehead atoms. The summed E-state index contributed by atoms with van der Waals surface area (Å²) >= 11 is 0.891. The number of thioether (sulfide) groups is 1. The molecule has 0 spiro atoms. The van der Waals surface area contributed by atoms with Gasteiger partial charge in [-0.1, -0.05) is 18.2 Å². The lowest BCUT2D eigenvalue weighted by atomic mass is 10.2. The average molecular weight is 319 g/mol. The molecule has 0 saturated carbocycles. The molecule has 1 aliphatic heterocycles. The maximum absolute atomic E-state index is 11.4. The number of methoxy groups -OCH3 is 1. The maximum Gasteiger partial charge on any atom is 0.290 e. The minimum absolute atomic E-state index is 0.0652. The minimum Gasteiger partial charge on any atom is -0.493 e. The Hall–Kier alpha value is -2.21. The van der Waals surface area contributed by atoms with E-state index in [0.717, 1.165) is 17.3 Å². The number of amides is 2. The van der Waals surface area contributed by atoms with Crippen LogP contribution < -0.4 is 14.8 Å². The van der Waals surface area contributed by atoms with Gasteiger partial charge in [-0.2, -0.15) is 0 Å². The van der Waals surface area contributed by atoms with Gasteiger partial charge in [0.05, 0.1) is 18.1 Å². The molecule has 1 aromatic rings. The van der Waals surface area contributed by atoms with Gasteiger partial charge in [-0.05, 0) is 49.4 Å². The number of carbonyl (C=O) groups is 2. The smallest absolute Gasteiger partial charge is 0.290 e. The lowest BCUT2D eigenvalue weighted by Gasteiger charge is -2.13. The van der Waals surface area contributed by atoms with E-state index in [1.165, 1.54) is 0 Å². The fraction of sp³-hybridized carbons (Fsp3) is 0.250. The highest BCUT2D eigenvalue weighted by atomic mass is 32.2. The van der Waals surface area contributed by atoms with E-state index in [2.05, 4.69) is 5.32 Å².